The second kappa shape index (κ2) is 8.71. The Morgan fingerprint density at radius 2 is 1.86 bits per heavy atom. The van der Waals surface area contributed by atoms with Crippen LogP contribution in [0.5, 0.6) is 11.5 Å². The standard InChI is InChI=1S/C21H29N3O4/c25-20(22-12-15-8-9-18-19(11-15)28-14-27-18)16-5-4-10-24(13-16)21(26)23-17-6-2-1-3-7-17/h8-9,11,16-17H,1-7,10,12-14H2,(H,22,25)(H,23,26)/t16-/m1/s1. The van der Waals surface area contributed by atoms with Crippen LogP contribution in [-0.4, -0.2) is 42.8 Å². The molecule has 4 rings (SSSR count). The number of likely N-dealkylation sites (tertiary alicyclic amines) is 1. The van der Waals surface area contributed by atoms with Crippen molar-refractivity contribution in [2.45, 2.75) is 57.5 Å². The van der Waals surface area contributed by atoms with Crippen molar-refractivity contribution < 1.29 is 19.1 Å². The molecule has 2 fully saturated rings. The molecule has 7 nitrogen and oxygen atoms in total. The quantitative estimate of drug-likeness (QED) is 0.833. The number of carbonyl (C=O) groups excluding carboxylic acids is 2. The minimum Gasteiger partial charge on any atom is -0.454 e. The largest absolute Gasteiger partial charge is 0.454 e. The third-order valence-corrected chi connectivity index (χ3v) is 5.92. The van der Waals surface area contributed by atoms with E-state index in [1.165, 1.54) is 19.3 Å². The van der Waals surface area contributed by atoms with Crippen molar-refractivity contribution in [2.75, 3.05) is 19.9 Å². The topological polar surface area (TPSA) is 79.9 Å². The lowest BCUT2D eigenvalue weighted by Crippen LogP contribution is -2.51. The summed E-state index contributed by atoms with van der Waals surface area (Å²) < 4.78 is 10.7. The number of nitrogens with one attached hydrogen (secondary N) is 2. The van der Waals surface area contributed by atoms with Gasteiger partial charge in [-0.1, -0.05) is 25.3 Å². The number of urea groups is 1. The van der Waals surface area contributed by atoms with Gasteiger partial charge in [0.05, 0.1) is 5.92 Å². The highest BCUT2D eigenvalue weighted by molar-refractivity contribution is 5.81. The molecule has 152 valence electrons. The summed E-state index contributed by atoms with van der Waals surface area (Å²) in [5.74, 6) is 1.31. The van der Waals surface area contributed by atoms with Crippen molar-refractivity contribution in [3.05, 3.63) is 23.8 Å². The Balaban J connectivity index is 1.26. The highest BCUT2D eigenvalue weighted by Gasteiger charge is 2.29. The number of hydrogen-bond acceptors (Lipinski definition) is 4. The summed E-state index contributed by atoms with van der Waals surface area (Å²) in [5.41, 5.74) is 0.973. The van der Waals surface area contributed by atoms with E-state index in [0.717, 1.165) is 49.3 Å². The van der Waals surface area contributed by atoms with Gasteiger partial charge in [-0.25, -0.2) is 4.79 Å². The minimum absolute atomic E-state index is 0.00725. The van der Waals surface area contributed by atoms with E-state index in [-0.39, 0.29) is 24.6 Å². The number of amides is 3. The molecule has 2 N–H and O–H groups in total. The van der Waals surface area contributed by atoms with Crippen LogP contribution in [0.4, 0.5) is 4.79 Å². The maximum atomic E-state index is 12.6. The van der Waals surface area contributed by atoms with Crippen LogP contribution in [0.15, 0.2) is 18.2 Å². The Hall–Kier alpha value is -2.44. The highest BCUT2D eigenvalue weighted by atomic mass is 16.7. The summed E-state index contributed by atoms with van der Waals surface area (Å²) >= 11 is 0. The van der Waals surface area contributed by atoms with Crippen LogP contribution in [0.3, 0.4) is 0 Å². The molecule has 28 heavy (non-hydrogen) atoms. The average molecular weight is 387 g/mol. The fraction of sp³-hybridized carbons (Fsp3) is 0.619. The zero-order valence-corrected chi connectivity index (χ0v) is 16.2. The molecular weight excluding hydrogens is 358 g/mol. The molecule has 1 saturated carbocycles. The average Bonchev–Trinajstić information content (AvgIpc) is 3.20. The van der Waals surface area contributed by atoms with Crippen LogP contribution in [-0.2, 0) is 11.3 Å². The molecule has 1 aromatic rings. The molecule has 7 heteroatoms. The first kappa shape index (κ1) is 18.9. The Morgan fingerprint density at radius 3 is 2.71 bits per heavy atom. The van der Waals surface area contributed by atoms with Gasteiger partial charge in [0.2, 0.25) is 12.7 Å². The van der Waals surface area contributed by atoms with Crippen molar-refractivity contribution >= 4 is 11.9 Å². The molecule has 0 spiro atoms. The van der Waals surface area contributed by atoms with Crippen LogP contribution >= 0.6 is 0 Å². The molecule has 0 unspecified atom stereocenters. The highest BCUT2D eigenvalue weighted by Crippen LogP contribution is 2.32. The zero-order valence-electron chi connectivity index (χ0n) is 16.2. The fourth-order valence-electron chi connectivity index (χ4n) is 4.27. The number of ether oxygens (including phenoxy) is 2. The third kappa shape index (κ3) is 4.51. The number of carbonyl (C=O) groups is 2. The predicted molar refractivity (Wildman–Crippen MR) is 104 cm³/mol. The normalized spacial score (nSPS) is 22.0. The first-order valence-electron chi connectivity index (χ1n) is 10.4. The van der Waals surface area contributed by atoms with Crippen molar-refractivity contribution in [3.63, 3.8) is 0 Å². The second-order valence-corrected chi connectivity index (χ2v) is 7.98. The van der Waals surface area contributed by atoms with Gasteiger partial charge in [-0.3, -0.25) is 4.79 Å². The molecule has 0 bridgehead atoms. The Kier molecular flexibility index (Phi) is 5.88. The lowest BCUT2D eigenvalue weighted by molar-refractivity contribution is -0.126. The van der Waals surface area contributed by atoms with E-state index in [9.17, 15) is 9.59 Å². The fourth-order valence-corrected chi connectivity index (χ4v) is 4.27. The van der Waals surface area contributed by atoms with Gasteiger partial charge in [0.25, 0.3) is 0 Å². The van der Waals surface area contributed by atoms with Crippen LogP contribution in [0.1, 0.15) is 50.5 Å². The molecule has 0 aromatic heterocycles. The molecule has 1 aliphatic carbocycles. The summed E-state index contributed by atoms with van der Waals surface area (Å²) in [6.45, 7) is 1.90. The Morgan fingerprint density at radius 1 is 1.04 bits per heavy atom. The summed E-state index contributed by atoms with van der Waals surface area (Å²) in [4.78, 5) is 27.0. The van der Waals surface area contributed by atoms with Crippen LogP contribution in [0.2, 0.25) is 0 Å². The molecule has 2 aliphatic heterocycles. The summed E-state index contributed by atoms with van der Waals surface area (Å²) in [5, 5.41) is 6.17. The first-order valence-corrected chi connectivity index (χ1v) is 10.4. The van der Waals surface area contributed by atoms with Crippen molar-refractivity contribution in [1.82, 2.24) is 15.5 Å². The lowest BCUT2D eigenvalue weighted by atomic mass is 9.95. The third-order valence-electron chi connectivity index (χ3n) is 5.92. The van der Waals surface area contributed by atoms with E-state index in [1.54, 1.807) is 0 Å². The van der Waals surface area contributed by atoms with Crippen LogP contribution < -0.4 is 20.1 Å². The van der Waals surface area contributed by atoms with Crippen molar-refractivity contribution in [2.24, 2.45) is 5.92 Å². The number of hydrogen-bond donors (Lipinski definition) is 2. The van der Waals surface area contributed by atoms with Crippen LogP contribution in [0, 0.1) is 5.92 Å². The number of piperidine rings is 1. The Labute approximate surface area is 165 Å². The molecular formula is C21H29N3O4. The summed E-state index contributed by atoms with van der Waals surface area (Å²) in [6.07, 6.45) is 7.46. The number of fused-ring (bicyclic) bond motifs is 1. The van der Waals surface area contributed by atoms with E-state index in [4.69, 9.17) is 9.47 Å². The van der Waals surface area contributed by atoms with Crippen LogP contribution in [0.25, 0.3) is 0 Å². The minimum atomic E-state index is -0.153. The van der Waals surface area contributed by atoms with Crippen molar-refractivity contribution in [3.8, 4) is 11.5 Å². The molecule has 3 amide bonds. The molecule has 1 saturated heterocycles. The smallest absolute Gasteiger partial charge is 0.317 e. The van der Waals surface area contributed by atoms with Gasteiger partial charge in [0.15, 0.2) is 11.5 Å². The SMILES string of the molecule is O=C(NCc1ccc2c(c1)OCO2)[C@@H]1CCCN(C(=O)NC2CCCCC2)C1. The van der Waals surface area contributed by atoms with Gasteiger partial charge in [0.1, 0.15) is 0 Å². The number of benzene rings is 1. The number of nitrogens with zero attached hydrogens (tertiary/aromatic N) is 1. The van der Waals surface area contributed by atoms with Gasteiger partial charge in [0, 0.05) is 25.7 Å². The molecule has 1 atom stereocenters. The van der Waals surface area contributed by atoms with Crippen molar-refractivity contribution in [1.29, 1.82) is 0 Å². The second-order valence-electron chi connectivity index (χ2n) is 7.98. The summed E-state index contributed by atoms with van der Waals surface area (Å²) in [7, 11) is 0. The number of rotatable bonds is 4. The van der Waals surface area contributed by atoms with E-state index >= 15 is 0 Å². The van der Waals surface area contributed by atoms with E-state index in [1.807, 2.05) is 23.1 Å². The molecule has 2 heterocycles. The predicted octanol–water partition coefficient (Wildman–Crippen LogP) is 2.79. The molecule has 1 aromatic carbocycles. The van der Waals surface area contributed by atoms with Gasteiger partial charge >= 0.3 is 6.03 Å². The maximum Gasteiger partial charge on any atom is 0.317 e. The van der Waals surface area contributed by atoms with E-state index < -0.39 is 0 Å². The zero-order chi connectivity index (χ0) is 19.3. The lowest BCUT2D eigenvalue weighted by Gasteiger charge is -2.34. The van der Waals surface area contributed by atoms with E-state index in [2.05, 4.69) is 10.6 Å². The maximum absolute atomic E-state index is 12.6. The van der Waals surface area contributed by atoms with Gasteiger partial charge in [-0.15, -0.1) is 0 Å². The first-order chi connectivity index (χ1) is 13.7. The van der Waals surface area contributed by atoms with Gasteiger partial charge in [-0.05, 0) is 43.4 Å². The van der Waals surface area contributed by atoms with E-state index in [0.29, 0.717) is 19.1 Å². The molecule has 0 radical (unpaired) electrons. The van der Waals surface area contributed by atoms with Gasteiger partial charge in [-0.2, -0.15) is 0 Å². The monoisotopic (exact) mass is 387 g/mol. The molecule has 3 aliphatic rings. The van der Waals surface area contributed by atoms with Gasteiger partial charge < -0.3 is 25.0 Å². The Bertz CT molecular complexity index is 718. The summed E-state index contributed by atoms with van der Waals surface area (Å²) in [6, 6.07) is 5.97.